The molecule has 0 saturated carbocycles. The maximum atomic E-state index is 5.67. The van der Waals surface area contributed by atoms with Crippen molar-refractivity contribution in [2.45, 2.75) is 19.5 Å². The first-order valence-corrected chi connectivity index (χ1v) is 6.17. The van der Waals surface area contributed by atoms with Gasteiger partial charge in [0.1, 0.15) is 12.4 Å². The summed E-state index contributed by atoms with van der Waals surface area (Å²) in [6, 6.07) is 10.5. The first-order chi connectivity index (χ1) is 8.79. The summed E-state index contributed by atoms with van der Waals surface area (Å²) in [6.45, 7) is 3.53. The monoisotopic (exact) mass is 245 g/mol. The van der Waals surface area contributed by atoms with Gasteiger partial charge in [-0.25, -0.2) is 0 Å². The normalized spacial score (nSPS) is 12.3. The molecule has 0 saturated heterocycles. The van der Waals surface area contributed by atoms with Gasteiger partial charge in [0.05, 0.1) is 6.54 Å². The minimum atomic E-state index is 0.364. The Bertz CT molecular complexity index is 450. The van der Waals surface area contributed by atoms with Gasteiger partial charge in [-0.2, -0.15) is 5.10 Å². The zero-order chi connectivity index (χ0) is 12.8. The molecule has 0 aliphatic carbocycles. The van der Waals surface area contributed by atoms with Crippen LogP contribution in [0.5, 0.6) is 5.75 Å². The van der Waals surface area contributed by atoms with Crippen molar-refractivity contribution in [1.82, 2.24) is 15.1 Å². The van der Waals surface area contributed by atoms with Gasteiger partial charge < -0.3 is 10.1 Å². The quantitative estimate of drug-likeness (QED) is 0.848. The van der Waals surface area contributed by atoms with E-state index in [0.29, 0.717) is 12.6 Å². The summed E-state index contributed by atoms with van der Waals surface area (Å²) in [5.74, 6) is 0.897. The number of hydrogen-bond acceptors (Lipinski definition) is 3. The minimum absolute atomic E-state index is 0.364. The van der Waals surface area contributed by atoms with E-state index in [2.05, 4.69) is 29.5 Å². The van der Waals surface area contributed by atoms with E-state index in [9.17, 15) is 0 Å². The fourth-order valence-electron chi connectivity index (χ4n) is 1.71. The van der Waals surface area contributed by atoms with Crippen LogP contribution in [0.1, 0.15) is 18.5 Å². The van der Waals surface area contributed by atoms with Crippen LogP contribution in [0.2, 0.25) is 0 Å². The summed E-state index contributed by atoms with van der Waals surface area (Å²) in [5, 5.41) is 7.33. The summed E-state index contributed by atoms with van der Waals surface area (Å²) in [7, 11) is 1.96. The van der Waals surface area contributed by atoms with E-state index in [4.69, 9.17) is 4.74 Å². The molecule has 0 fully saturated rings. The van der Waals surface area contributed by atoms with E-state index in [-0.39, 0.29) is 0 Å². The summed E-state index contributed by atoms with van der Waals surface area (Å²) < 4.78 is 7.53. The van der Waals surface area contributed by atoms with Crippen LogP contribution in [0.25, 0.3) is 0 Å². The van der Waals surface area contributed by atoms with Crippen molar-refractivity contribution in [1.29, 1.82) is 0 Å². The van der Waals surface area contributed by atoms with Crippen LogP contribution in [-0.4, -0.2) is 23.4 Å². The van der Waals surface area contributed by atoms with E-state index in [1.165, 1.54) is 5.56 Å². The molecular formula is C14H19N3O. The summed E-state index contributed by atoms with van der Waals surface area (Å²) in [6.07, 6.45) is 3.70. The zero-order valence-corrected chi connectivity index (χ0v) is 10.8. The summed E-state index contributed by atoms with van der Waals surface area (Å²) in [4.78, 5) is 0. The van der Waals surface area contributed by atoms with E-state index in [1.54, 1.807) is 6.20 Å². The molecule has 1 aromatic carbocycles. The van der Waals surface area contributed by atoms with Gasteiger partial charge in [-0.05, 0) is 37.7 Å². The molecule has 2 rings (SSSR count). The summed E-state index contributed by atoms with van der Waals surface area (Å²) >= 11 is 0. The number of benzene rings is 1. The fourth-order valence-corrected chi connectivity index (χ4v) is 1.71. The minimum Gasteiger partial charge on any atom is -0.492 e. The van der Waals surface area contributed by atoms with Gasteiger partial charge in [-0.3, -0.25) is 4.68 Å². The molecule has 2 aromatic rings. The number of aromatic nitrogens is 2. The molecule has 0 radical (unpaired) electrons. The largest absolute Gasteiger partial charge is 0.492 e. The Morgan fingerprint density at radius 3 is 2.72 bits per heavy atom. The molecule has 1 heterocycles. The highest BCUT2D eigenvalue weighted by atomic mass is 16.5. The average Bonchev–Trinajstić information content (AvgIpc) is 2.92. The molecule has 4 heteroatoms. The number of nitrogens with zero attached hydrogens (tertiary/aromatic N) is 2. The molecule has 0 spiro atoms. The molecule has 4 nitrogen and oxygen atoms in total. The Morgan fingerprint density at radius 1 is 1.33 bits per heavy atom. The molecule has 1 unspecified atom stereocenters. The SMILES string of the molecule is CNC(C)c1ccc(OCCn2cccn2)cc1. The maximum absolute atomic E-state index is 5.67. The Hall–Kier alpha value is -1.81. The highest BCUT2D eigenvalue weighted by Crippen LogP contribution is 2.17. The Morgan fingerprint density at radius 2 is 2.11 bits per heavy atom. The lowest BCUT2D eigenvalue weighted by atomic mass is 10.1. The standard InChI is InChI=1S/C14H19N3O/c1-12(15-2)13-4-6-14(7-5-13)18-11-10-17-9-3-8-16-17/h3-9,12,15H,10-11H2,1-2H3. The molecule has 0 aliphatic rings. The smallest absolute Gasteiger partial charge is 0.119 e. The van der Waals surface area contributed by atoms with Crippen LogP contribution in [0.3, 0.4) is 0 Å². The van der Waals surface area contributed by atoms with E-state index >= 15 is 0 Å². The van der Waals surface area contributed by atoms with Crippen LogP contribution in [0.15, 0.2) is 42.7 Å². The highest BCUT2D eigenvalue weighted by molar-refractivity contribution is 5.28. The van der Waals surface area contributed by atoms with E-state index < -0.39 is 0 Å². The maximum Gasteiger partial charge on any atom is 0.119 e. The topological polar surface area (TPSA) is 39.1 Å². The van der Waals surface area contributed by atoms with Gasteiger partial charge in [-0.1, -0.05) is 12.1 Å². The van der Waals surface area contributed by atoms with Gasteiger partial charge in [0.2, 0.25) is 0 Å². The van der Waals surface area contributed by atoms with E-state index in [1.807, 2.05) is 36.1 Å². The lowest BCUT2D eigenvalue weighted by Crippen LogP contribution is -2.12. The van der Waals surface area contributed by atoms with Crippen LogP contribution < -0.4 is 10.1 Å². The number of ether oxygens (including phenoxy) is 1. The fraction of sp³-hybridized carbons (Fsp3) is 0.357. The zero-order valence-electron chi connectivity index (χ0n) is 10.8. The van der Waals surface area contributed by atoms with Crippen LogP contribution in [-0.2, 0) is 6.54 Å². The van der Waals surface area contributed by atoms with Crippen molar-refractivity contribution in [3.63, 3.8) is 0 Å². The second-order valence-corrected chi connectivity index (χ2v) is 4.20. The molecule has 1 atom stereocenters. The number of rotatable bonds is 6. The van der Waals surface area contributed by atoms with Crippen molar-refractivity contribution in [2.24, 2.45) is 0 Å². The Balaban J connectivity index is 1.83. The van der Waals surface area contributed by atoms with Gasteiger partial charge in [-0.15, -0.1) is 0 Å². The molecule has 1 aromatic heterocycles. The molecule has 18 heavy (non-hydrogen) atoms. The predicted molar refractivity (Wildman–Crippen MR) is 71.6 cm³/mol. The third-order valence-electron chi connectivity index (χ3n) is 2.96. The molecule has 0 amide bonds. The first kappa shape index (κ1) is 12.6. The second-order valence-electron chi connectivity index (χ2n) is 4.20. The third kappa shape index (κ3) is 3.34. The third-order valence-corrected chi connectivity index (χ3v) is 2.96. The van der Waals surface area contributed by atoms with Crippen molar-refractivity contribution >= 4 is 0 Å². The van der Waals surface area contributed by atoms with Crippen molar-refractivity contribution in [2.75, 3.05) is 13.7 Å². The van der Waals surface area contributed by atoms with Crippen LogP contribution in [0, 0.1) is 0 Å². The Labute approximate surface area is 108 Å². The van der Waals surface area contributed by atoms with Gasteiger partial charge in [0.15, 0.2) is 0 Å². The van der Waals surface area contributed by atoms with Crippen LogP contribution >= 0.6 is 0 Å². The van der Waals surface area contributed by atoms with Gasteiger partial charge >= 0.3 is 0 Å². The van der Waals surface area contributed by atoms with Crippen molar-refractivity contribution in [3.8, 4) is 5.75 Å². The second kappa shape index (κ2) is 6.21. The Kier molecular flexibility index (Phi) is 4.36. The van der Waals surface area contributed by atoms with E-state index in [0.717, 1.165) is 12.3 Å². The summed E-state index contributed by atoms with van der Waals surface area (Å²) in [5.41, 5.74) is 1.26. The van der Waals surface area contributed by atoms with Gasteiger partial charge in [0.25, 0.3) is 0 Å². The predicted octanol–water partition coefficient (Wildman–Crippen LogP) is 2.24. The molecule has 1 N–H and O–H groups in total. The van der Waals surface area contributed by atoms with Crippen molar-refractivity contribution < 1.29 is 4.74 Å². The highest BCUT2D eigenvalue weighted by Gasteiger charge is 2.02. The van der Waals surface area contributed by atoms with Gasteiger partial charge in [0, 0.05) is 18.4 Å². The average molecular weight is 245 g/mol. The first-order valence-electron chi connectivity index (χ1n) is 6.17. The molecule has 96 valence electrons. The van der Waals surface area contributed by atoms with Crippen LogP contribution in [0.4, 0.5) is 0 Å². The number of hydrogen-bond donors (Lipinski definition) is 1. The number of nitrogens with one attached hydrogen (secondary N) is 1. The molecular weight excluding hydrogens is 226 g/mol. The lowest BCUT2D eigenvalue weighted by Gasteiger charge is -2.11. The molecule has 0 bridgehead atoms. The lowest BCUT2D eigenvalue weighted by molar-refractivity contribution is 0.291. The molecule has 0 aliphatic heterocycles. The van der Waals surface area contributed by atoms with Crippen molar-refractivity contribution in [3.05, 3.63) is 48.3 Å².